The number of aliphatic carboxylic acids is 1. The van der Waals surface area contributed by atoms with E-state index in [1.807, 2.05) is 33.8 Å². The van der Waals surface area contributed by atoms with E-state index in [1.165, 1.54) is 10.4 Å². The number of urea groups is 1. The zero-order valence-electron chi connectivity index (χ0n) is 12.3. The van der Waals surface area contributed by atoms with Crippen molar-refractivity contribution in [2.24, 2.45) is 5.92 Å². The number of rotatable bonds is 6. The summed E-state index contributed by atoms with van der Waals surface area (Å²) < 4.78 is 0. The molecule has 0 aliphatic rings. The monoisotopic (exact) mass is 298 g/mol. The van der Waals surface area contributed by atoms with Gasteiger partial charge in [0.15, 0.2) is 0 Å². The van der Waals surface area contributed by atoms with E-state index in [0.717, 1.165) is 4.88 Å². The van der Waals surface area contributed by atoms with Crippen molar-refractivity contribution in [3.63, 3.8) is 0 Å². The van der Waals surface area contributed by atoms with Crippen LogP contribution < -0.4 is 10.6 Å². The maximum atomic E-state index is 11.8. The van der Waals surface area contributed by atoms with Crippen molar-refractivity contribution in [3.8, 4) is 0 Å². The van der Waals surface area contributed by atoms with Crippen LogP contribution in [0.1, 0.15) is 35.6 Å². The first-order valence-electron chi connectivity index (χ1n) is 6.68. The van der Waals surface area contributed by atoms with Gasteiger partial charge in [0.25, 0.3) is 0 Å². The second-order valence-electron chi connectivity index (χ2n) is 4.98. The van der Waals surface area contributed by atoms with Gasteiger partial charge in [-0.1, -0.05) is 20.3 Å². The highest BCUT2D eigenvalue weighted by atomic mass is 32.1. The van der Waals surface area contributed by atoms with E-state index in [-0.39, 0.29) is 5.92 Å². The molecule has 2 unspecified atom stereocenters. The highest BCUT2D eigenvalue weighted by molar-refractivity contribution is 7.12. The van der Waals surface area contributed by atoms with E-state index in [1.54, 1.807) is 11.3 Å². The van der Waals surface area contributed by atoms with Gasteiger partial charge in [-0.25, -0.2) is 9.59 Å². The molecule has 0 aliphatic carbocycles. The first-order chi connectivity index (χ1) is 9.35. The van der Waals surface area contributed by atoms with Gasteiger partial charge >= 0.3 is 12.0 Å². The summed E-state index contributed by atoms with van der Waals surface area (Å²) in [5.74, 6) is -1.11. The maximum Gasteiger partial charge on any atom is 0.326 e. The second kappa shape index (κ2) is 7.28. The van der Waals surface area contributed by atoms with Gasteiger partial charge in [-0.15, -0.1) is 11.3 Å². The van der Waals surface area contributed by atoms with E-state index >= 15 is 0 Å². The van der Waals surface area contributed by atoms with Crippen molar-refractivity contribution in [2.75, 3.05) is 0 Å². The van der Waals surface area contributed by atoms with Crippen molar-refractivity contribution < 1.29 is 14.7 Å². The largest absolute Gasteiger partial charge is 0.480 e. The van der Waals surface area contributed by atoms with Crippen molar-refractivity contribution in [3.05, 3.63) is 21.4 Å². The Kier molecular flexibility index (Phi) is 6.01. The number of aryl methyl sites for hydroxylation is 2. The van der Waals surface area contributed by atoms with Crippen LogP contribution in [0, 0.1) is 19.8 Å². The van der Waals surface area contributed by atoms with Crippen molar-refractivity contribution in [2.45, 2.75) is 46.7 Å². The molecule has 1 heterocycles. The standard InChI is InChI=1S/C14H22N2O3S/c1-5-8(2)12(13(17)18)16-14(19)15-7-11-6-9(3)10(4)20-11/h6,8,12H,5,7H2,1-4H3,(H,17,18)(H2,15,16,19). The molecule has 3 N–H and O–H groups in total. The van der Waals surface area contributed by atoms with Crippen LogP contribution in [-0.4, -0.2) is 23.1 Å². The first-order valence-corrected chi connectivity index (χ1v) is 7.49. The fourth-order valence-electron chi connectivity index (χ4n) is 1.78. The van der Waals surface area contributed by atoms with Gasteiger partial charge in [-0.2, -0.15) is 0 Å². The minimum Gasteiger partial charge on any atom is -0.480 e. The van der Waals surface area contributed by atoms with E-state index in [4.69, 9.17) is 5.11 Å². The molecule has 2 atom stereocenters. The number of carbonyl (C=O) groups excluding carboxylic acids is 1. The molecule has 2 amide bonds. The van der Waals surface area contributed by atoms with Crippen molar-refractivity contribution >= 4 is 23.3 Å². The van der Waals surface area contributed by atoms with Crippen LogP contribution in [0.25, 0.3) is 0 Å². The number of nitrogens with one attached hydrogen (secondary N) is 2. The van der Waals surface area contributed by atoms with Gasteiger partial charge in [0.05, 0.1) is 6.54 Å². The summed E-state index contributed by atoms with van der Waals surface area (Å²) in [6.07, 6.45) is 0.695. The van der Waals surface area contributed by atoms with Crippen LogP contribution in [-0.2, 0) is 11.3 Å². The molecule has 0 spiro atoms. The third-order valence-corrected chi connectivity index (χ3v) is 4.56. The van der Waals surface area contributed by atoms with Crippen LogP contribution in [0.5, 0.6) is 0 Å². The molecule has 1 aromatic rings. The Morgan fingerprint density at radius 2 is 2.05 bits per heavy atom. The Hall–Kier alpha value is -1.56. The number of thiophene rings is 1. The third kappa shape index (κ3) is 4.52. The number of carbonyl (C=O) groups is 2. The Morgan fingerprint density at radius 1 is 1.40 bits per heavy atom. The number of hydrogen-bond donors (Lipinski definition) is 3. The zero-order valence-corrected chi connectivity index (χ0v) is 13.1. The topological polar surface area (TPSA) is 78.4 Å². The summed E-state index contributed by atoms with van der Waals surface area (Å²) in [5, 5.41) is 14.3. The molecule has 112 valence electrons. The average Bonchev–Trinajstić information content (AvgIpc) is 2.71. The van der Waals surface area contributed by atoms with Gasteiger partial charge in [0, 0.05) is 9.75 Å². The summed E-state index contributed by atoms with van der Waals surface area (Å²) in [4.78, 5) is 25.2. The summed E-state index contributed by atoms with van der Waals surface area (Å²) in [6.45, 7) is 8.19. The molecule has 0 bridgehead atoms. The minimum atomic E-state index is -1.00. The predicted molar refractivity (Wildman–Crippen MR) is 80.0 cm³/mol. The van der Waals surface area contributed by atoms with E-state index in [9.17, 15) is 9.59 Å². The lowest BCUT2D eigenvalue weighted by atomic mass is 9.99. The lowest BCUT2D eigenvalue weighted by molar-refractivity contribution is -0.140. The van der Waals surface area contributed by atoms with Crippen LogP contribution in [0.15, 0.2) is 6.07 Å². The zero-order chi connectivity index (χ0) is 15.3. The molecular formula is C14H22N2O3S. The average molecular weight is 298 g/mol. The predicted octanol–water partition coefficient (Wildman–Crippen LogP) is 2.66. The lowest BCUT2D eigenvalue weighted by Gasteiger charge is -2.20. The lowest BCUT2D eigenvalue weighted by Crippen LogP contribution is -2.48. The molecule has 20 heavy (non-hydrogen) atoms. The fraction of sp³-hybridized carbons (Fsp3) is 0.571. The normalized spacial score (nSPS) is 13.6. The summed E-state index contributed by atoms with van der Waals surface area (Å²) >= 11 is 1.63. The quantitative estimate of drug-likeness (QED) is 0.755. The molecular weight excluding hydrogens is 276 g/mol. The van der Waals surface area contributed by atoms with Gasteiger partial charge < -0.3 is 15.7 Å². The third-order valence-electron chi connectivity index (χ3n) is 3.41. The van der Waals surface area contributed by atoms with E-state index < -0.39 is 18.0 Å². The SMILES string of the molecule is CCC(C)C(NC(=O)NCc1cc(C)c(C)s1)C(=O)O. The summed E-state index contributed by atoms with van der Waals surface area (Å²) in [7, 11) is 0. The Morgan fingerprint density at radius 3 is 2.50 bits per heavy atom. The Labute approximate surface area is 123 Å². The second-order valence-corrected chi connectivity index (χ2v) is 6.32. The van der Waals surface area contributed by atoms with Gasteiger partial charge in [0.1, 0.15) is 6.04 Å². The minimum absolute atomic E-state index is 0.107. The van der Waals surface area contributed by atoms with Crippen LogP contribution in [0.2, 0.25) is 0 Å². The number of carboxylic acid groups (broad SMARTS) is 1. The molecule has 0 saturated carbocycles. The van der Waals surface area contributed by atoms with Gasteiger partial charge in [-0.05, 0) is 31.4 Å². The van der Waals surface area contributed by atoms with Crippen LogP contribution in [0.3, 0.4) is 0 Å². The molecule has 0 saturated heterocycles. The fourth-order valence-corrected chi connectivity index (χ4v) is 2.77. The summed E-state index contributed by atoms with van der Waals surface area (Å²) in [5.41, 5.74) is 1.20. The first kappa shape index (κ1) is 16.5. The number of hydrogen-bond acceptors (Lipinski definition) is 3. The van der Waals surface area contributed by atoms with Gasteiger partial charge in [-0.3, -0.25) is 0 Å². The molecule has 1 aromatic heterocycles. The van der Waals surface area contributed by atoms with Gasteiger partial charge in [0.2, 0.25) is 0 Å². The Balaban J connectivity index is 2.52. The summed E-state index contributed by atoms with van der Waals surface area (Å²) in [6, 6.07) is 0.733. The molecule has 0 aliphatic heterocycles. The highest BCUT2D eigenvalue weighted by Gasteiger charge is 2.25. The van der Waals surface area contributed by atoms with E-state index in [2.05, 4.69) is 10.6 Å². The van der Waals surface area contributed by atoms with Crippen molar-refractivity contribution in [1.29, 1.82) is 0 Å². The number of carboxylic acids is 1. The number of amides is 2. The molecule has 1 rings (SSSR count). The van der Waals surface area contributed by atoms with E-state index in [0.29, 0.717) is 13.0 Å². The Bertz CT molecular complexity index is 465. The smallest absolute Gasteiger partial charge is 0.326 e. The highest BCUT2D eigenvalue weighted by Crippen LogP contribution is 2.20. The molecule has 6 heteroatoms. The maximum absolute atomic E-state index is 11.8. The molecule has 0 aromatic carbocycles. The van der Waals surface area contributed by atoms with Crippen LogP contribution >= 0.6 is 11.3 Å². The molecule has 5 nitrogen and oxygen atoms in total. The molecule has 0 radical (unpaired) electrons. The van der Waals surface area contributed by atoms with Crippen LogP contribution in [0.4, 0.5) is 4.79 Å². The molecule has 0 fully saturated rings. The van der Waals surface area contributed by atoms with Crippen molar-refractivity contribution in [1.82, 2.24) is 10.6 Å².